The first-order valence-corrected chi connectivity index (χ1v) is 7.99. The van der Waals surface area contributed by atoms with Crippen LogP contribution in [0.3, 0.4) is 0 Å². The molecule has 0 aromatic rings. The number of nitrogens with one attached hydrogen (secondary N) is 1. The van der Waals surface area contributed by atoms with Gasteiger partial charge in [-0.15, -0.1) is 0 Å². The van der Waals surface area contributed by atoms with E-state index in [4.69, 9.17) is 4.74 Å². The quantitative estimate of drug-likeness (QED) is 0.758. The lowest BCUT2D eigenvalue weighted by molar-refractivity contribution is 0.0220. The fraction of sp³-hybridized carbons (Fsp3) is 1.00. The standard InChI is InChI=1S/C15H28N2O/c1-2-4-14(5-3-1)18-11-8-16-15-12-17-9-6-13(15)7-10-17/h13-16H,1-12H2. The summed E-state index contributed by atoms with van der Waals surface area (Å²) in [4.78, 5) is 2.61. The van der Waals surface area contributed by atoms with Crippen LogP contribution >= 0.6 is 0 Å². The number of piperidine rings is 3. The maximum atomic E-state index is 5.98. The van der Waals surface area contributed by atoms with E-state index in [2.05, 4.69) is 10.2 Å². The highest BCUT2D eigenvalue weighted by atomic mass is 16.5. The molecule has 1 N–H and O–H groups in total. The Hall–Kier alpha value is -0.120. The van der Waals surface area contributed by atoms with Crippen molar-refractivity contribution in [2.45, 2.75) is 57.1 Å². The van der Waals surface area contributed by atoms with Crippen LogP contribution < -0.4 is 5.32 Å². The fourth-order valence-corrected chi connectivity index (χ4v) is 3.90. The van der Waals surface area contributed by atoms with Crippen LogP contribution in [-0.4, -0.2) is 49.8 Å². The SMILES string of the molecule is C1CCC(OCCNC2CN3CCC2CC3)CC1. The number of nitrogens with zero attached hydrogens (tertiary/aromatic N) is 1. The van der Waals surface area contributed by atoms with Crippen molar-refractivity contribution >= 4 is 0 Å². The van der Waals surface area contributed by atoms with E-state index >= 15 is 0 Å². The van der Waals surface area contributed by atoms with Crippen molar-refractivity contribution < 1.29 is 4.74 Å². The molecule has 3 heterocycles. The number of hydrogen-bond acceptors (Lipinski definition) is 3. The van der Waals surface area contributed by atoms with E-state index in [0.717, 1.165) is 25.1 Å². The van der Waals surface area contributed by atoms with Gasteiger partial charge in [0, 0.05) is 19.1 Å². The molecule has 0 amide bonds. The second-order valence-electron chi connectivity index (χ2n) is 6.33. The number of rotatable bonds is 5. The van der Waals surface area contributed by atoms with Crippen molar-refractivity contribution in [1.82, 2.24) is 10.2 Å². The molecule has 3 aliphatic heterocycles. The third-order valence-corrected chi connectivity index (χ3v) is 5.07. The van der Waals surface area contributed by atoms with E-state index in [1.807, 2.05) is 0 Å². The first-order valence-electron chi connectivity index (χ1n) is 7.99. The number of hydrogen-bond donors (Lipinski definition) is 1. The van der Waals surface area contributed by atoms with Crippen molar-refractivity contribution in [3.8, 4) is 0 Å². The molecule has 1 unspecified atom stereocenters. The van der Waals surface area contributed by atoms with Gasteiger partial charge in [0.2, 0.25) is 0 Å². The molecule has 4 aliphatic rings. The first-order chi connectivity index (χ1) is 8.92. The van der Waals surface area contributed by atoms with Crippen LogP contribution in [0.2, 0.25) is 0 Å². The predicted octanol–water partition coefficient (Wildman–Crippen LogP) is 2.02. The Morgan fingerprint density at radius 3 is 2.44 bits per heavy atom. The van der Waals surface area contributed by atoms with Crippen LogP contribution in [0.5, 0.6) is 0 Å². The van der Waals surface area contributed by atoms with E-state index in [-0.39, 0.29) is 0 Å². The minimum Gasteiger partial charge on any atom is -0.377 e. The molecule has 3 saturated heterocycles. The van der Waals surface area contributed by atoms with E-state index in [0.29, 0.717) is 6.10 Å². The highest BCUT2D eigenvalue weighted by molar-refractivity contribution is 4.90. The maximum Gasteiger partial charge on any atom is 0.0594 e. The summed E-state index contributed by atoms with van der Waals surface area (Å²) >= 11 is 0. The van der Waals surface area contributed by atoms with Crippen LogP contribution in [-0.2, 0) is 4.74 Å². The highest BCUT2D eigenvalue weighted by Crippen LogP contribution is 2.27. The molecule has 1 aliphatic carbocycles. The van der Waals surface area contributed by atoms with Crippen molar-refractivity contribution in [3.63, 3.8) is 0 Å². The Morgan fingerprint density at radius 2 is 1.78 bits per heavy atom. The van der Waals surface area contributed by atoms with Gasteiger partial charge >= 0.3 is 0 Å². The summed E-state index contributed by atoms with van der Waals surface area (Å²) in [5.74, 6) is 0.935. The molecule has 1 saturated carbocycles. The third kappa shape index (κ3) is 3.25. The summed E-state index contributed by atoms with van der Waals surface area (Å²) in [7, 11) is 0. The van der Waals surface area contributed by atoms with Gasteiger partial charge < -0.3 is 15.0 Å². The zero-order chi connectivity index (χ0) is 12.2. The Bertz CT molecular complexity index is 245. The molecule has 1 atom stereocenters. The summed E-state index contributed by atoms with van der Waals surface area (Å²) in [6, 6.07) is 0.738. The molecular formula is C15H28N2O. The Balaban J connectivity index is 1.30. The maximum absolute atomic E-state index is 5.98. The van der Waals surface area contributed by atoms with Gasteiger partial charge in [-0.2, -0.15) is 0 Å². The minimum absolute atomic E-state index is 0.562. The molecule has 0 radical (unpaired) electrons. The Kier molecular flexibility index (Phi) is 4.55. The summed E-state index contributed by atoms with van der Waals surface area (Å²) < 4.78 is 5.98. The molecule has 104 valence electrons. The molecule has 3 heteroatoms. The van der Waals surface area contributed by atoms with Crippen LogP contribution in [0.15, 0.2) is 0 Å². The van der Waals surface area contributed by atoms with Gasteiger partial charge in [-0.25, -0.2) is 0 Å². The second kappa shape index (κ2) is 6.36. The van der Waals surface area contributed by atoms with Gasteiger partial charge in [0.25, 0.3) is 0 Å². The van der Waals surface area contributed by atoms with E-state index in [9.17, 15) is 0 Å². The summed E-state index contributed by atoms with van der Waals surface area (Å²) in [6.45, 7) is 5.90. The third-order valence-electron chi connectivity index (χ3n) is 5.07. The minimum atomic E-state index is 0.562. The van der Waals surface area contributed by atoms with Crippen molar-refractivity contribution in [1.29, 1.82) is 0 Å². The predicted molar refractivity (Wildman–Crippen MR) is 73.8 cm³/mol. The van der Waals surface area contributed by atoms with Crippen LogP contribution in [0, 0.1) is 5.92 Å². The van der Waals surface area contributed by atoms with Crippen LogP contribution in [0.25, 0.3) is 0 Å². The largest absolute Gasteiger partial charge is 0.377 e. The van der Waals surface area contributed by atoms with E-state index < -0.39 is 0 Å². The van der Waals surface area contributed by atoms with Gasteiger partial charge in [-0.1, -0.05) is 19.3 Å². The smallest absolute Gasteiger partial charge is 0.0594 e. The second-order valence-corrected chi connectivity index (χ2v) is 6.33. The lowest BCUT2D eigenvalue weighted by Gasteiger charge is -2.45. The lowest BCUT2D eigenvalue weighted by atomic mass is 9.84. The average Bonchev–Trinajstić information content (AvgIpc) is 2.46. The molecule has 0 aromatic heterocycles. The molecule has 0 spiro atoms. The van der Waals surface area contributed by atoms with Gasteiger partial charge in [-0.3, -0.25) is 0 Å². The number of fused-ring (bicyclic) bond motifs is 3. The van der Waals surface area contributed by atoms with Gasteiger partial charge in [0.15, 0.2) is 0 Å². The van der Waals surface area contributed by atoms with Gasteiger partial charge in [0.1, 0.15) is 0 Å². The molecule has 4 rings (SSSR count). The summed E-state index contributed by atoms with van der Waals surface area (Å²) in [6.07, 6.45) is 10.1. The fourth-order valence-electron chi connectivity index (χ4n) is 3.90. The molecule has 2 bridgehead atoms. The number of ether oxygens (including phenoxy) is 1. The average molecular weight is 252 g/mol. The van der Waals surface area contributed by atoms with Crippen molar-refractivity contribution in [2.75, 3.05) is 32.8 Å². The zero-order valence-corrected chi connectivity index (χ0v) is 11.6. The van der Waals surface area contributed by atoms with Crippen molar-refractivity contribution in [3.05, 3.63) is 0 Å². The Labute approximate surface area is 111 Å². The molecule has 18 heavy (non-hydrogen) atoms. The van der Waals surface area contributed by atoms with Crippen molar-refractivity contribution in [2.24, 2.45) is 5.92 Å². The van der Waals surface area contributed by atoms with Crippen LogP contribution in [0.1, 0.15) is 44.9 Å². The lowest BCUT2D eigenvalue weighted by Crippen LogP contribution is -2.56. The molecule has 3 nitrogen and oxygen atoms in total. The normalized spacial score (nSPS) is 37.0. The Morgan fingerprint density at radius 1 is 1.00 bits per heavy atom. The van der Waals surface area contributed by atoms with E-state index in [1.54, 1.807) is 0 Å². The van der Waals surface area contributed by atoms with E-state index in [1.165, 1.54) is 64.6 Å². The zero-order valence-electron chi connectivity index (χ0n) is 11.6. The first kappa shape index (κ1) is 12.9. The van der Waals surface area contributed by atoms with Crippen LogP contribution in [0.4, 0.5) is 0 Å². The highest BCUT2D eigenvalue weighted by Gasteiger charge is 2.33. The van der Waals surface area contributed by atoms with Gasteiger partial charge in [0.05, 0.1) is 12.7 Å². The molecule has 4 fully saturated rings. The van der Waals surface area contributed by atoms with Gasteiger partial charge in [-0.05, 0) is 44.7 Å². The topological polar surface area (TPSA) is 24.5 Å². The summed E-state index contributed by atoms with van der Waals surface area (Å²) in [5, 5.41) is 3.73. The molecular weight excluding hydrogens is 224 g/mol. The molecule has 0 aromatic carbocycles. The monoisotopic (exact) mass is 252 g/mol. The summed E-state index contributed by atoms with van der Waals surface area (Å²) in [5.41, 5.74) is 0.